The molecular weight excluding hydrogens is 476 g/mol. The third-order valence-corrected chi connectivity index (χ3v) is 8.01. The topological polar surface area (TPSA) is 139 Å². The lowest BCUT2D eigenvalue weighted by atomic mass is 9.70. The minimum Gasteiger partial charge on any atom is -0.394 e. The molecule has 2 aromatic rings. The third kappa shape index (κ3) is 4.17. The zero-order chi connectivity index (χ0) is 26.3. The molecule has 3 fully saturated rings. The molecule has 1 aromatic carbocycles. The number of hydrogen-bond acceptors (Lipinski definition) is 7. The molecule has 1 spiro atoms. The molecule has 3 saturated heterocycles. The summed E-state index contributed by atoms with van der Waals surface area (Å²) in [5, 5.41) is 24.4. The number of rotatable bonds is 10. The van der Waals surface area contributed by atoms with Crippen molar-refractivity contribution >= 4 is 28.8 Å². The highest BCUT2D eigenvalue weighted by molar-refractivity contribution is 5.99. The van der Waals surface area contributed by atoms with E-state index in [1.807, 2.05) is 45.0 Å². The number of aromatic nitrogens is 3. The molecule has 37 heavy (non-hydrogen) atoms. The van der Waals surface area contributed by atoms with E-state index in [4.69, 9.17) is 4.74 Å². The quantitative estimate of drug-likeness (QED) is 0.428. The summed E-state index contributed by atoms with van der Waals surface area (Å²) < 4.78 is 8.03. The maximum atomic E-state index is 14.0. The summed E-state index contributed by atoms with van der Waals surface area (Å²) in [4.78, 5) is 42.6. The summed E-state index contributed by atoms with van der Waals surface area (Å²) in [5.74, 6) is -2.09. The van der Waals surface area contributed by atoms with Gasteiger partial charge < -0.3 is 25.4 Å². The first-order chi connectivity index (χ1) is 17.8. The number of ether oxygens (including phenoxy) is 1. The highest BCUT2D eigenvalue weighted by Gasteiger charge is 2.75. The van der Waals surface area contributed by atoms with E-state index in [0.717, 1.165) is 11.9 Å². The molecule has 5 rings (SSSR count). The van der Waals surface area contributed by atoms with E-state index >= 15 is 0 Å². The Morgan fingerprint density at radius 1 is 1.24 bits per heavy atom. The Hall–Kier alpha value is -3.05. The van der Waals surface area contributed by atoms with E-state index in [1.54, 1.807) is 4.68 Å². The van der Waals surface area contributed by atoms with Crippen molar-refractivity contribution < 1.29 is 24.2 Å². The maximum absolute atomic E-state index is 14.0. The van der Waals surface area contributed by atoms with Crippen molar-refractivity contribution in [3.05, 3.63) is 24.3 Å². The van der Waals surface area contributed by atoms with Gasteiger partial charge in [-0.2, -0.15) is 0 Å². The predicted octanol–water partition coefficient (Wildman–Crippen LogP) is 0.813. The zero-order valence-electron chi connectivity index (χ0n) is 21.6. The van der Waals surface area contributed by atoms with Crippen molar-refractivity contribution in [2.24, 2.45) is 17.8 Å². The number of amides is 3. The van der Waals surface area contributed by atoms with E-state index in [0.29, 0.717) is 31.3 Å². The van der Waals surface area contributed by atoms with Gasteiger partial charge in [-0.25, -0.2) is 4.68 Å². The summed E-state index contributed by atoms with van der Waals surface area (Å²) in [6.45, 7) is 6.30. The Balaban J connectivity index is 1.47. The lowest BCUT2D eigenvalue weighted by Gasteiger charge is -2.37. The van der Waals surface area contributed by atoms with Gasteiger partial charge in [0.25, 0.3) is 0 Å². The first-order valence-electron chi connectivity index (χ1n) is 13.3. The Bertz CT molecular complexity index is 1180. The first-order valence-corrected chi connectivity index (χ1v) is 13.3. The fourth-order valence-corrected chi connectivity index (χ4v) is 6.55. The number of hydrogen-bond donors (Lipinski definition) is 3. The molecule has 3 N–H and O–H groups in total. The van der Waals surface area contributed by atoms with Crippen molar-refractivity contribution in [3.63, 3.8) is 0 Å². The Kier molecular flexibility index (Phi) is 6.93. The molecule has 0 aliphatic carbocycles. The van der Waals surface area contributed by atoms with Gasteiger partial charge >= 0.3 is 0 Å². The van der Waals surface area contributed by atoms with Crippen LogP contribution in [0.4, 0.5) is 0 Å². The number of nitrogens with one attached hydrogen (secondary N) is 2. The van der Waals surface area contributed by atoms with E-state index in [1.165, 1.54) is 4.90 Å². The van der Waals surface area contributed by atoms with Gasteiger partial charge in [-0.3, -0.25) is 14.4 Å². The molecule has 6 atom stereocenters. The molecule has 2 unspecified atom stereocenters. The van der Waals surface area contributed by atoms with Gasteiger partial charge in [0.2, 0.25) is 17.7 Å². The number of para-hydroxylation sites is 1. The van der Waals surface area contributed by atoms with Crippen LogP contribution in [0.15, 0.2) is 24.3 Å². The van der Waals surface area contributed by atoms with Gasteiger partial charge in [-0.1, -0.05) is 38.1 Å². The smallest absolute Gasteiger partial charge is 0.247 e. The molecule has 2 bridgehead atoms. The lowest BCUT2D eigenvalue weighted by molar-refractivity contribution is -0.146. The number of benzene rings is 1. The maximum Gasteiger partial charge on any atom is 0.247 e. The molecule has 4 heterocycles. The van der Waals surface area contributed by atoms with Gasteiger partial charge in [0.05, 0.1) is 36.1 Å². The van der Waals surface area contributed by atoms with Crippen molar-refractivity contribution in [2.75, 3.05) is 13.2 Å². The SMILES string of the molecule is CCCNC(=O)[C@@H]1[C@@H]2CCC3(O2)C(C(=O)NCn2nnc4ccccc42)N([C@@H](CO)CC(C)C)C(=O)[C@H]13. The zero-order valence-corrected chi connectivity index (χ0v) is 21.6. The second kappa shape index (κ2) is 10.0. The molecule has 0 radical (unpaired) electrons. The van der Waals surface area contributed by atoms with Crippen LogP contribution in [0.3, 0.4) is 0 Å². The minimum absolute atomic E-state index is 0.0659. The van der Waals surface area contributed by atoms with Crippen molar-refractivity contribution in [1.82, 2.24) is 30.5 Å². The van der Waals surface area contributed by atoms with Crippen molar-refractivity contribution in [3.8, 4) is 0 Å². The summed E-state index contributed by atoms with van der Waals surface area (Å²) >= 11 is 0. The molecule has 11 nitrogen and oxygen atoms in total. The Morgan fingerprint density at radius 2 is 2.03 bits per heavy atom. The van der Waals surface area contributed by atoms with E-state index < -0.39 is 35.6 Å². The van der Waals surface area contributed by atoms with Gasteiger partial charge in [0, 0.05) is 6.54 Å². The molecule has 3 aliphatic heterocycles. The Labute approximate surface area is 215 Å². The van der Waals surface area contributed by atoms with E-state index in [9.17, 15) is 19.5 Å². The van der Waals surface area contributed by atoms with E-state index in [-0.39, 0.29) is 36.9 Å². The summed E-state index contributed by atoms with van der Waals surface area (Å²) in [7, 11) is 0. The standard InChI is InChI=1S/C26H36N6O5/c1-4-11-27-23(34)20-19-9-10-26(37-19)21(20)25(36)32(16(13-33)12-15(2)3)22(26)24(35)28-14-31-18-8-6-5-7-17(18)29-30-31/h5-8,15-16,19-22,33H,4,9-14H2,1-3H3,(H,27,34)(H,28,35)/t16-,19+,20-,21+,22?,26?/m1/s1. The molecule has 3 amide bonds. The van der Waals surface area contributed by atoms with Crippen molar-refractivity contribution in [2.45, 2.75) is 76.9 Å². The predicted molar refractivity (Wildman–Crippen MR) is 134 cm³/mol. The molecule has 0 saturated carbocycles. The number of carbonyl (C=O) groups excluding carboxylic acids is 3. The molecule has 1 aromatic heterocycles. The molecule has 3 aliphatic rings. The number of carbonyl (C=O) groups is 3. The van der Waals surface area contributed by atoms with Crippen LogP contribution in [-0.2, 0) is 25.8 Å². The van der Waals surface area contributed by atoms with Gasteiger partial charge in [-0.05, 0) is 43.7 Å². The molecule has 200 valence electrons. The summed E-state index contributed by atoms with van der Waals surface area (Å²) in [6.07, 6.45) is 2.02. The van der Waals surface area contributed by atoms with E-state index in [2.05, 4.69) is 20.9 Å². The normalized spacial score (nSPS) is 29.2. The molecular formula is C26H36N6O5. The van der Waals surface area contributed by atoms with Crippen LogP contribution in [0.2, 0.25) is 0 Å². The summed E-state index contributed by atoms with van der Waals surface area (Å²) in [6, 6.07) is 5.94. The average Bonchev–Trinajstić information content (AvgIpc) is 3.63. The number of fused-ring (bicyclic) bond motifs is 2. The number of aliphatic hydroxyl groups excluding tert-OH is 1. The number of likely N-dealkylation sites (tertiary alicyclic amines) is 1. The average molecular weight is 513 g/mol. The highest BCUT2D eigenvalue weighted by atomic mass is 16.5. The first kappa shape index (κ1) is 25.6. The third-order valence-electron chi connectivity index (χ3n) is 8.01. The van der Waals surface area contributed by atoms with Crippen LogP contribution in [0.5, 0.6) is 0 Å². The number of nitrogens with zero attached hydrogens (tertiary/aromatic N) is 4. The van der Waals surface area contributed by atoms with Crippen LogP contribution in [-0.4, -0.2) is 79.7 Å². The summed E-state index contributed by atoms with van der Waals surface area (Å²) in [5.41, 5.74) is 0.385. The second-order valence-electron chi connectivity index (χ2n) is 10.8. The van der Waals surface area contributed by atoms with Gasteiger partial charge in [0.15, 0.2) is 0 Å². The highest BCUT2D eigenvalue weighted by Crippen LogP contribution is 2.58. The van der Waals surface area contributed by atoms with Gasteiger partial charge in [0.1, 0.15) is 23.8 Å². The Morgan fingerprint density at radius 3 is 2.76 bits per heavy atom. The lowest BCUT2D eigenvalue weighted by Crippen LogP contribution is -2.58. The van der Waals surface area contributed by atoms with Crippen molar-refractivity contribution in [1.29, 1.82) is 0 Å². The number of aliphatic hydroxyl groups is 1. The monoisotopic (exact) mass is 512 g/mol. The fraction of sp³-hybridized carbons (Fsp3) is 0.654. The van der Waals surface area contributed by atoms with Crippen LogP contribution < -0.4 is 10.6 Å². The minimum atomic E-state index is -1.10. The fourth-order valence-electron chi connectivity index (χ4n) is 6.55. The second-order valence-corrected chi connectivity index (χ2v) is 10.8. The van der Waals surface area contributed by atoms with Crippen LogP contribution in [0.25, 0.3) is 11.0 Å². The molecule has 11 heteroatoms. The largest absolute Gasteiger partial charge is 0.394 e. The van der Waals surface area contributed by atoms with Crippen LogP contribution in [0.1, 0.15) is 46.5 Å². The van der Waals surface area contributed by atoms with Crippen LogP contribution >= 0.6 is 0 Å². The van der Waals surface area contributed by atoms with Gasteiger partial charge in [-0.15, -0.1) is 5.10 Å². The van der Waals surface area contributed by atoms with Crippen LogP contribution in [0, 0.1) is 17.8 Å².